The van der Waals surface area contributed by atoms with Gasteiger partial charge in [0.2, 0.25) is 0 Å². The molecule has 0 spiro atoms. The molecule has 0 heterocycles. The molecule has 94 valence electrons. The van der Waals surface area contributed by atoms with E-state index in [0.717, 1.165) is 0 Å². The highest BCUT2D eigenvalue weighted by molar-refractivity contribution is 4.94. The van der Waals surface area contributed by atoms with Crippen LogP contribution in [0.1, 0.15) is 38.5 Å². The van der Waals surface area contributed by atoms with Gasteiger partial charge in [0.25, 0.3) is 0 Å². The maximum absolute atomic E-state index is 9.58. The highest BCUT2D eigenvalue weighted by Gasteiger charge is 2.13. The molecule has 0 fully saturated rings. The first-order chi connectivity index (χ1) is 7.58. The summed E-state index contributed by atoms with van der Waals surface area (Å²) in [6, 6.07) is 0. The molecule has 4 heteroatoms. The van der Waals surface area contributed by atoms with Crippen molar-refractivity contribution < 1.29 is 20.4 Å². The van der Waals surface area contributed by atoms with Gasteiger partial charge in [0.1, 0.15) is 0 Å². The molecule has 1 aliphatic carbocycles. The Labute approximate surface area is 96.2 Å². The monoisotopic (exact) mass is 230 g/mol. The predicted molar refractivity (Wildman–Crippen MR) is 60.9 cm³/mol. The number of hydrogen-bond donors (Lipinski definition) is 4. The lowest BCUT2D eigenvalue weighted by Gasteiger charge is -2.17. The van der Waals surface area contributed by atoms with Crippen molar-refractivity contribution >= 4 is 0 Å². The Balaban J connectivity index is 2.50. The minimum atomic E-state index is -0.603. The van der Waals surface area contributed by atoms with Gasteiger partial charge in [0.15, 0.2) is 0 Å². The third-order valence-electron chi connectivity index (χ3n) is 2.98. The number of aliphatic hydroxyl groups excluding tert-OH is 4. The Morgan fingerprint density at radius 1 is 0.562 bits per heavy atom. The summed E-state index contributed by atoms with van der Waals surface area (Å²) in [6.07, 6.45) is 4.12. The minimum absolute atomic E-state index is 0.456. The summed E-state index contributed by atoms with van der Waals surface area (Å²) in [5, 5.41) is 38.2. The molecule has 4 nitrogen and oxygen atoms in total. The summed E-state index contributed by atoms with van der Waals surface area (Å²) < 4.78 is 0. The van der Waals surface area contributed by atoms with E-state index in [1.165, 1.54) is 0 Å². The largest absolute Gasteiger partial charge is 0.393 e. The first-order valence-corrected chi connectivity index (χ1v) is 5.98. The summed E-state index contributed by atoms with van der Waals surface area (Å²) >= 11 is 0. The Morgan fingerprint density at radius 3 is 1.25 bits per heavy atom. The Hall–Kier alpha value is -0.420. The topological polar surface area (TPSA) is 80.9 Å². The molecule has 16 heavy (non-hydrogen) atoms. The highest BCUT2D eigenvalue weighted by atomic mass is 16.3. The Kier molecular flexibility index (Phi) is 5.98. The molecule has 4 atom stereocenters. The summed E-state index contributed by atoms with van der Waals surface area (Å²) in [4.78, 5) is 0. The van der Waals surface area contributed by atoms with Crippen molar-refractivity contribution in [2.45, 2.75) is 62.9 Å². The molecule has 1 aliphatic rings. The van der Waals surface area contributed by atoms with Crippen molar-refractivity contribution in [3.05, 3.63) is 12.2 Å². The number of rotatable bonds is 0. The zero-order valence-electron chi connectivity index (χ0n) is 9.50. The van der Waals surface area contributed by atoms with E-state index in [1.807, 2.05) is 0 Å². The second-order valence-electron chi connectivity index (χ2n) is 4.56. The zero-order chi connectivity index (χ0) is 12.0. The minimum Gasteiger partial charge on any atom is -0.393 e. The van der Waals surface area contributed by atoms with Crippen molar-refractivity contribution in [1.29, 1.82) is 0 Å². The van der Waals surface area contributed by atoms with E-state index in [-0.39, 0.29) is 0 Å². The van der Waals surface area contributed by atoms with Gasteiger partial charge in [0, 0.05) is 0 Å². The fourth-order valence-corrected chi connectivity index (χ4v) is 1.85. The third-order valence-corrected chi connectivity index (χ3v) is 2.98. The fraction of sp³-hybridized carbons (Fsp3) is 0.833. The molecule has 0 aromatic heterocycles. The highest BCUT2D eigenvalue weighted by Crippen LogP contribution is 2.15. The first kappa shape index (κ1) is 13.6. The van der Waals surface area contributed by atoms with Gasteiger partial charge in [-0.3, -0.25) is 0 Å². The van der Waals surface area contributed by atoms with E-state index in [9.17, 15) is 20.4 Å². The van der Waals surface area contributed by atoms with Crippen molar-refractivity contribution in [3.8, 4) is 0 Å². The van der Waals surface area contributed by atoms with E-state index >= 15 is 0 Å². The third kappa shape index (κ3) is 5.61. The second kappa shape index (κ2) is 7.01. The SMILES string of the molecule is OC1/C=C\C(O)CCC(O)CCC(O)CC1. The lowest BCUT2D eigenvalue weighted by Crippen LogP contribution is -2.18. The molecule has 0 saturated carbocycles. The summed E-state index contributed by atoms with van der Waals surface area (Å²) in [6.45, 7) is 0. The van der Waals surface area contributed by atoms with Crippen LogP contribution >= 0.6 is 0 Å². The van der Waals surface area contributed by atoms with Crippen LogP contribution in [0.3, 0.4) is 0 Å². The average molecular weight is 230 g/mol. The zero-order valence-corrected chi connectivity index (χ0v) is 9.50. The van der Waals surface area contributed by atoms with E-state index in [0.29, 0.717) is 38.5 Å². The first-order valence-electron chi connectivity index (χ1n) is 5.98. The quantitative estimate of drug-likeness (QED) is 0.452. The lowest BCUT2D eigenvalue weighted by atomic mass is 9.99. The summed E-state index contributed by atoms with van der Waals surface area (Å²) in [5.74, 6) is 0. The van der Waals surface area contributed by atoms with E-state index in [2.05, 4.69) is 0 Å². The Bertz CT molecular complexity index is 195. The molecule has 4 unspecified atom stereocenters. The second-order valence-corrected chi connectivity index (χ2v) is 4.56. The van der Waals surface area contributed by atoms with Gasteiger partial charge < -0.3 is 20.4 Å². The van der Waals surface area contributed by atoms with Crippen molar-refractivity contribution in [2.24, 2.45) is 0 Å². The molecule has 0 amide bonds. The van der Waals surface area contributed by atoms with Crippen molar-refractivity contribution in [1.82, 2.24) is 0 Å². The number of aliphatic hydroxyl groups is 4. The Morgan fingerprint density at radius 2 is 0.875 bits per heavy atom. The van der Waals surface area contributed by atoms with Crippen LogP contribution in [-0.4, -0.2) is 44.8 Å². The van der Waals surface area contributed by atoms with E-state index in [4.69, 9.17) is 0 Å². The standard InChI is InChI=1S/C12H22O4/c13-9-1-2-10(14)5-6-12(16)8-7-11(15)4-3-9/h1-2,9-16H,3-8H2/b2-1-. The fourth-order valence-electron chi connectivity index (χ4n) is 1.85. The van der Waals surface area contributed by atoms with Gasteiger partial charge >= 0.3 is 0 Å². The van der Waals surface area contributed by atoms with Gasteiger partial charge in [-0.25, -0.2) is 0 Å². The summed E-state index contributed by atoms with van der Waals surface area (Å²) in [5.41, 5.74) is 0. The van der Waals surface area contributed by atoms with Gasteiger partial charge in [-0.15, -0.1) is 0 Å². The van der Waals surface area contributed by atoms with Crippen LogP contribution in [0, 0.1) is 0 Å². The molecular formula is C12H22O4. The van der Waals surface area contributed by atoms with Gasteiger partial charge in [-0.1, -0.05) is 12.2 Å². The van der Waals surface area contributed by atoms with Crippen LogP contribution in [0.25, 0.3) is 0 Å². The van der Waals surface area contributed by atoms with Crippen LogP contribution in [0.2, 0.25) is 0 Å². The maximum atomic E-state index is 9.58. The van der Waals surface area contributed by atoms with E-state index < -0.39 is 24.4 Å². The van der Waals surface area contributed by atoms with Gasteiger partial charge in [-0.05, 0) is 38.5 Å². The molecule has 0 aromatic rings. The molecule has 0 radical (unpaired) electrons. The van der Waals surface area contributed by atoms with Gasteiger partial charge in [0.05, 0.1) is 24.4 Å². The average Bonchev–Trinajstić information content (AvgIpc) is 2.27. The van der Waals surface area contributed by atoms with Crippen LogP contribution < -0.4 is 0 Å². The molecular weight excluding hydrogens is 208 g/mol. The molecule has 4 N–H and O–H groups in total. The smallest absolute Gasteiger partial charge is 0.0722 e. The molecule has 0 aromatic carbocycles. The molecule has 1 rings (SSSR count). The molecule has 0 aliphatic heterocycles. The maximum Gasteiger partial charge on any atom is 0.0722 e. The van der Waals surface area contributed by atoms with Crippen LogP contribution in [0.5, 0.6) is 0 Å². The van der Waals surface area contributed by atoms with E-state index in [1.54, 1.807) is 12.2 Å². The summed E-state index contributed by atoms with van der Waals surface area (Å²) in [7, 11) is 0. The lowest BCUT2D eigenvalue weighted by molar-refractivity contribution is 0.0831. The van der Waals surface area contributed by atoms with Crippen molar-refractivity contribution in [3.63, 3.8) is 0 Å². The number of hydrogen-bond acceptors (Lipinski definition) is 4. The van der Waals surface area contributed by atoms with Crippen LogP contribution in [-0.2, 0) is 0 Å². The normalized spacial score (nSPS) is 40.8. The molecule has 0 saturated heterocycles. The van der Waals surface area contributed by atoms with Gasteiger partial charge in [-0.2, -0.15) is 0 Å². The van der Waals surface area contributed by atoms with Crippen LogP contribution in [0.4, 0.5) is 0 Å². The molecule has 0 bridgehead atoms. The van der Waals surface area contributed by atoms with Crippen LogP contribution in [0.15, 0.2) is 12.2 Å². The predicted octanol–water partition coefficient (Wildman–Crippen LogP) is 0.340. The van der Waals surface area contributed by atoms with Crippen molar-refractivity contribution in [2.75, 3.05) is 0 Å².